The quantitative estimate of drug-likeness (QED) is 0.805. The molecule has 1 saturated carbocycles. The summed E-state index contributed by atoms with van der Waals surface area (Å²) in [5.74, 6) is 0. The molecule has 4 heteroatoms. The van der Waals surface area contributed by atoms with Crippen LogP contribution < -0.4 is 5.73 Å². The van der Waals surface area contributed by atoms with E-state index in [0.29, 0.717) is 11.0 Å². The molecule has 0 amide bonds. The van der Waals surface area contributed by atoms with Crippen molar-refractivity contribution in [2.45, 2.75) is 31.8 Å². The minimum atomic E-state index is 0.599. The normalized spacial score (nSPS) is 15.2. The van der Waals surface area contributed by atoms with Crippen LogP contribution in [0.4, 0.5) is 0 Å². The third kappa shape index (κ3) is 4.26. The molecule has 0 heterocycles. The first-order valence-electron chi connectivity index (χ1n) is 5.92. The molecule has 0 aromatic heterocycles. The van der Waals surface area contributed by atoms with Crippen LogP contribution >= 0.6 is 23.8 Å². The molecule has 1 aromatic carbocycles. The van der Waals surface area contributed by atoms with Crippen molar-refractivity contribution in [2.24, 2.45) is 5.73 Å². The van der Waals surface area contributed by atoms with Gasteiger partial charge in [0.05, 0.1) is 4.99 Å². The number of halogens is 1. The van der Waals surface area contributed by atoms with Gasteiger partial charge in [-0.05, 0) is 30.5 Å². The predicted molar refractivity (Wildman–Crippen MR) is 76.3 cm³/mol. The second-order valence-corrected chi connectivity index (χ2v) is 5.51. The van der Waals surface area contributed by atoms with Crippen LogP contribution in [-0.2, 0) is 6.54 Å². The average Bonchev–Trinajstić information content (AvgIpc) is 3.07. The van der Waals surface area contributed by atoms with Crippen LogP contribution in [0.5, 0.6) is 0 Å². The first-order valence-corrected chi connectivity index (χ1v) is 6.70. The van der Waals surface area contributed by atoms with Crippen molar-refractivity contribution in [2.75, 3.05) is 6.54 Å². The Hall–Kier alpha value is -0.640. The molecular weight excluding hydrogens is 252 g/mol. The van der Waals surface area contributed by atoms with Crippen molar-refractivity contribution in [3.05, 3.63) is 34.9 Å². The highest BCUT2D eigenvalue weighted by atomic mass is 35.5. The summed E-state index contributed by atoms with van der Waals surface area (Å²) in [5, 5.41) is 0.799. The average molecular weight is 269 g/mol. The molecule has 0 radical (unpaired) electrons. The van der Waals surface area contributed by atoms with E-state index in [1.807, 2.05) is 18.2 Å². The highest BCUT2D eigenvalue weighted by Gasteiger charge is 2.28. The fourth-order valence-corrected chi connectivity index (χ4v) is 2.26. The summed E-state index contributed by atoms with van der Waals surface area (Å²) < 4.78 is 0. The van der Waals surface area contributed by atoms with E-state index in [-0.39, 0.29) is 0 Å². The van der Waals surface area contributed by atoms with Crippen LogP contribution in [0.25, 0.3) is 0 Å². The number of thiocarbonyl (C=S) groups is 1. The molecule has 0 bridgehead atoms. The number of rotatable bonds is 6. The molecule has 2 rings (SSSR count). The number of benzene rings is 1. The maximum absolute atomic E-state index is 5.99. The van der Waals surface area contributed by atoms with E-state index < -0.39 is 0 Å². The van der Waals surface area contributed by atoms with E-state index in [1.165, 1.54) is 18.4 Å². The minimum Gasteiger partial charge on any atom is -0.393 e. The van der Waals surface area contributed by atoms with Crippen LogP contribution in [0.15, 0.2) is 24.3 Å². The molecule has 1 aliphatic rings. The van der Waals surface area contributed by atoms with Gasteiger partial charge in [-0.15, -0.1) is 0 Å². The summed E-state index contributed by atoms with van der Waals surface area (Å²) in [6, 6.07) is 8.75. The molecule has 2 N–H and O–H groups in total. The number of hydrogen-bond acceptors (Lipinski definition) is 2. The zero-order chi connectivity index (χ0) is 12.3. The van der Waals surface area contributed by atoms with Gasteiger partial charge in [-0.25, -0.2) is 0 Å². The smallest absolute Gasteiger partial charge is 0.0740 e. The Bertz CT molecular complexity index is 404. The summed E-state index contributed by atoms with van der Waals surface area (Å²) in [6.45, 7) is 1.89. The van der Waals surface area contributed by atoms with Crippen molar-refractivity contribution >= 4 is 28.8 Å². The van der Waals surface area contributed by atoms with Crippen LogP contribution in [0.3, 0.4) is 0 Å². The van der Waals surface area contributed by atoms with Gasteiger partial charge < -0.3 is 5.73 Å². The summed E-state index contributed by atoms with van der Waals surface area (Å²) in [6.07, 6.45) is 3.38. The Morgan fingerprint density at radius 2 is 2.24 bits per heavy atom. The van der Waals surface area contributed by atoms with Crippen LogP contribution in [0.2, 0.25) is 5.02 Å². The lowest BCUT2D eigenvalue weighted by Gasteiger charge is -2.21. The maximum Gasteiger partial charge on any atom is 0.0740 e. The van der Waals surface area contributed by atoms with Gasteiger partial charge in [-0.3, -0.25) is 4.90 Å². The molecule has 1 aromatic rings. The Labute approximate surface area is 113 Å². The van der Waals surface area contributed by atoms with E-state index >= 15 is 0 Å². The zero-order valence-corrected chi connectivity index (χ0v) is 11.3. The maximum atomic E-state index is 5.99. The van der Waals surface area contributed by atoms with Crippen molar-refractivity contribution in [1.82, 2.24) is 4.90 Å². The van der Waals surface area contributed by atoms with Gasteiger partial charge in [0.25, 0.3) is 0 Å². The Balaban J connectivity index is 1.95. The first-order chi connectivity index (χ1) is 8.15. The molecule has 0 unspecified atom stereocenters. The van der Waals surface area contributed by atoms with Gasteiger partial charge in [0, 0.05) is 30.6 Å². The second-order valence-electron chi connectivity index (χ2n) is 4.55. The van der Waals surface area contributed by atoms with E-state index in [2.05, 4.69) is 11.0 Å². The van der Waals surface area contributed by atoms with Gasteiger partial charge in [0.1, 0.15) is 0 Å². The van der Waals surface area contributed by atoms with Gasteiger partial charge in [0.15, 0.2) is 0 Å². The fourth-order valence-electron chi connectivity index (χ4n) is 1.95. The van der Waals surface area contributed by atoms with Crippen molar-refractivity contribution < 1.29 is 0 Å². The lowest BCUT2D eigenvalue weighted by atomic mass is 10.2. The van der Waals surface area contributed by atoms with E-state index in [0.717, 1.165) is 24.5 Å². The van der Waals surface area contributed by atoms with Crippen LogP contribution in [0, 0.1) is 0 Å². The third-order valence-corrected chi connectivity index (χ3v) is 3.42. The fraction of sp³-hybridized carbons (Fsp3) is 0.462. The highest BCUT2D eigenvalue weighted by Crippen LogP contribution is 2.28. The van der Waals surface area contributed by atoms with Gasteiger partial charge in [0.2, 0.25) is 0 Å². The SMILES string of the molecule is NC(=S)CCN(Cc1cccc(Cl)c1)C1CC1. The molecule has 0 atom stereocenters. The molecule has 1 aliphatic carbocycles. The molecule has 17 heavy (non-hydrogen) atoms. The summed E-state index contributed by atoms with van der Waals surface area (Å²) in [4.78, 5) is 3.05. The minimum absolute atomic E-state index is 0.599. The van der Waals surface area contributed by atoms with Gasteiger partial charge in [-0.1, -0.05) is 36.0 Å². The summed E-state index contributed by atoms with van der Waals surface area (Å²) >= 11 is 10.9. The molecule has 92 valence electrons. The highest BCUT2D eigenvalue weighted by molar-refractivity contribution is 7.80. The number of hydrogen-bond donors (Lipinski definition) is 1. The lowest BCUT2D eigenvalue weighted by molar-refractivity contribution is 0.262. The molecule has 0 saturated heterocycles. The van der Waals surface area contributed by atoms with E-state index in [1.54, 1.807) is 0 Å². The van der Waals surface area contributed by atoms with Gasteiger partial charge >= 0.3 is 0 Å². The summed E-state index contributed by atoms with van der Waals surface area (Å²) in [5.41, 5.74) is 6.82. The monoisotopic (exact) mass is 268 g/mol. The largest absolute Gasteiger partial charge is 0.393 e. The second kappa shape index (κ2) is 5.80. The third-order valence-electron chi connectivity index (χ3n) is 2.98. The predicted octanol–water partition coefficient (Wildman–Crippen LogP) is 2.98. The van der Waals surface area contributed by atoms with Crippen LogP contribution in [0.1, 0.15) is 24.8 Å². The molecule has 0 spiro atoms. The van der Waals surface area contributed by atoms with E-state index in [4.69, 9.17) is 29.6 Å². The van der Waals surface area contributed by atoms with Crippen molar-refractivity contribution in [1.29, 1.82) is 0 Å². The Morgan fingerprint density at radius 1 is 1.47 bits per heavy atom. The Kier molecular flexibility index (Phi) is 4.37. The Morgan fingerprint density at radius 3 is 2.82 bits per heavy atom. The zero-order valence-electron chi connectivity index (χ0n) is 9.73. The number of nitrogens with two attached hydrogens (primary N) is 1. The topological polar surface area (TPSA) is 29.3 Å². The van der Waals surface area contributed by atoms with Crippen molar-refractivity contribution in [3.63, 3.8) is 0 Å². The summed E-state index contributed by atoms with van der Waals surface area (Å²) in [7, 11) is 0. The van der Waals surface area contributed by atoms with Crippen LogP contribution in [-0.4, -0.2) is 22.5 Å². The first kappa shape index (κ1) is 12.8. The molecule has 1 fully saturated rings. The van der Waals surface area contributed by atoms with Gasteiger partial charge in [-0.2, -0.15) is 0 Å². The van der Waals surface area contributed by atoms with Crippen molar-refractivity contribution in [3.8, 4) is 0 Å². The lowest BCUT2D eigenvalue weighted by Crippen LogP contribution is -2.29. The standard InChI is InChI=1S/C13H17ClN2S/c14-11-3-1-2-10(8-11)9-16(12-4-5-12)7-6-13(15)17/h1-3,8,12H,4-7,9H2,(H2,15,17). The number of nitrogens with zero attached hydrogens (tertiary/aromatic N) is 1. The molecular formula is C13H17ClN2S. The molecule has 2 nitrogen and oxygen atoms in total. The molecule has 0 aliphatic heterocycles. The van der Waals surface area contributed by atoms with E-state index in [9.17, 15) is 0 Å².